The number of benzene rings is 1. The van der Waals surface area contributed by atoms with Crippen molar-refractivity contribution in [2.45, 2.75) is 0 Å². The van der Waals surface area contributed by atoms with Crippen molar-refractivity contribution in [3.05, 3.63) is 42.0 Å². The number of carboxylic acids is 1. The largest absolute Gasteiger partial charge is 0.497 e. The lowest BCUT2D eigenvalue weighted by molar-refractivity contribution is -0.131. The molecule has 0 heterocycles. The highest BCUT2D eigenvalue weighted by molar-refractivity contribution is 6.04. The first-order chi connectivity index (χ1) is 9.06. The Morgan fingerprint density at radius 1 is 1.11 bits per heavy atom. The molecular weight excluding hydrogens is 248 g/mol. The Bertz CT molecular complexity index is 529. The highest BCUT2D eigenvalue weighted by Gasteiger charge is 2.02. The molecule has 0 fully saturated rings. The second-order valence-electron chi connectivity index (χ2n) is 3.52. The quantitative estimate of drug-likeness (QED) is 0.793. The number of hydrogen-bond donors (Lipinski definition) is 1. The molecule has 1 aromatic carbocycles. The van der Waals surface area contributed by atoms with Gasteiger partial charge in [-0.1, -0.05) is 0 Å². The standard InChI is InChI=1S/C14H14O5/c1-18-12-7-4-10(13(9-12)19-2)3-5-11(15)6-8-14(16)17/h3-9H,1-2H3,(H,16,17)/b5-3+,8-6+. The minimum Gasteiger partial charge on any atom is -0.497 e. The van der Waals surface area contributed by atoms with Crippen molar-refractivity contribution in [2.75, 3.05) is 14.2 Å². The van der Waals surface area contributed by atoms with Crippen molar-refractivity contribution in [2.24, 2.45) is 0 Å². The van der Waals surface area contributed by atoms with Crippen molar-refractivity contribution in [3.8, 4) is 11.5 Å². The van der Waals surface area contributed by atoms with E-state index in [1.54, 1.807) is 31.4 Å². The van der Waals surface area contributed by atoms with E-state index >= 15 is 0 Å². The van der Waals surface area contributed by atoms with Crippen LogP contribution in [0.25, 0.3) is 6.08 Å². The number of aliphatic carboxylic acids is 1. The molecule has 1 rings (SSSR count). The molecule has 19 heavy (non-hydrogen) atoms. The summed E-state index contributed by atoms with van der Waals surface area (Å²) in [6, 6.07) is 5.17. The molecule has 100 valence electrons. The Morgan fingerprint density at radius 3 is 2.42 bits per heavy atom. The third-order valence-electron chi connectivity index (χ3n) is 2.26. The van der Waals surface area contributed by atoms with Crippen LogP contribution < -0.4 is 9.47 Å². The van der Waals surface area contributed by atoms with Crippen LogP contribution in [0.3, 0.4) is 0 Å². The van der Waals surface area contributed by atoms with Gasteiger partial charge >= 0.3 is 5.97 Å². The van der Waals surface area contributed by atoms with Crippen LogP contribution in [0.2, 0.25) is 0 Å². The molecule has 0 bridgehead atoms. The summed E-state index contributed by atoms with van der Waals surface area (Å²) < 4.78 is 10.2. The number of ketones is 1. The Labute approximate surface area is 110 Å². The van der Waals surface area contributed by atoms with E-state index < -0.39 is 11.8 Å². The Kier molecular flexibility index (Phi) is 5.35. The highest BCUT2D eigenvalue weighted by atomic mass is 16.5. The molecule has 0 unspecified atom stereocenters. The summed E-state index contributed by atoms with van der Waals surface area (Å²) in [5.74, 6) is -0.374. The maximum atomic E-state index is 11.3. The summed E-state index contributed by atoms with van der Waals surface area (Å²) >= 11 is 0. The zero-order chi connectivity index (χ0) is 14.3. The predicted molar refractivity (Wildman–Crippen MR) is 70.4 cm³/mol. The number of methoxy groups -OCH3 is 2. The maximum Gasteiger partial charge on any atom is 0.328 e. The van der Waals surface area contributed by atoms with Crippen LogP contribution in [-0.2, 0) is 9.59 Å². The second kappa shape index (κ2) is 7.00. The molecule has 0 radical (unpaired) electrons. The molecule has 0 saturated carbocycles. The molecular formula is C14H14O5. The molecule has 0 amide bonds. The SMILES string of the molecule is COc1ccc(/C=C/C(=O)/C=C/C(=O)O)c(OC)c1. The monoisotopic (exact) mass is 262 g/mol. The van der Waals surface area contributed by atoms with Gasteiger partial charge in [-0.05, 0) is 30.4 Å². The molecule has 0 spiro atoms. The molecule has 1 aromatic rings. The highest BCUT2D eigenvalue weighted by Crippen LogP contribution is 2.25. The third kappa shape index (κ3) is 4.67. The Balaban J connectivity index is 2.87. The lowest BCUT2D eigenvalue weighted by Crippen LogP contribution is -1.92. The van der Waals surface area contributed by atoms with Gasteiger partial charge in [0, 0.05) is 17.7 Å². The van der Waals surface area contributed by atoms with Gasteiger partial charge in [0.15, 0.2) is 5.78 Å². The predicted octanol–water partition coefficient (Wildman–Crippen LogP) is 1.93. The van der Waals surface area contributed by atoms with E-state index in [1.165, 1.54) is 13.2 Å². The number of carboxylic acid groups (broad SMARTS) is 1. The van der Waals surface area contributed by atoms with Gasteiger partial charge in [0.2, 0.25) is 0 Å². The topological polar surface area (TPSA) is 72.8 Å². The van der Waals surface area contributed by atoms with E-state index in [0.29, 0.717) is 17.1 Å². The smallest absolute Gasteiger partial charge is 0.328 e. The molecule has 0 aliphatic carbocycles. The van der Waals surface area contributed by atoms with E-state index in [0.717, 1.165) is 12.2 Å². The molecule has 0 aliphatic rings. The van der Waals surface area contributed by atoms with Gasteiger partial charge in [0.25, 0.3) is 0 Å². The number of rotatable bonds is 6. The molecule has 5 nitrogen and oxygen atoms in total. The lowest BCUT2D eigenvalue weighted by Gasteiger charge is -2.06. The van der Waals surface area contributed by atoms with E-state index in [4.69, 9.17) is 14.6 Å². The Hall–Kier alpha value is -2.56. The van der Waals surface area contributed by atoms with Gasteiger partial charge in [-0.25, -0.2) is 4.79 Å². The van der Waals surface area contributed by atoms with Crippen LogP contribution in [0.5, 0.6) is 11.5 Å². The minimum atomic E-state index is -1.16. The van der Waals surface area contributed by atoms with Gasteiger partial charge < -0.3 is 14.6 Å². The zero-order valence-electron chi connectivity index (χ0n) is 10.6. The molecule has 0 atom stereocenters. The number of ether oxygens (including phenoxy) is 2. The molecule has 0 saturated heterocycles. The fourth-order valence-electron chi connectivity index (χ4n) is 1.34. The first-order valence-electron chi connectivity index (χ1n) is 5.42. The number of carbonyl (C=O) groups is 2. The van der Waals surface area contributed by atoms with Crippen molar-refractivity contribution in [1.29, 1.82) is 0 Å². The molecule has 1 N–H and O–H groups in total. The lowest BCUT2D eigenvalue weighted by atomic mass is 10.1. The van der Waals surface area contributed by atoms with Crippen LogP contribution in [-0.4, -0.2) is 31.1 Å². The van der Waals surface area contributed by atoms with E-state index in [-0.39, 0.29) is 0 Å². The normalized spacial score (nSPS) is 10.8. The van der Waals surface area contributed by atoms with Gasteiger partial charge in [-0.15, -0.1) is 0 Å². The van der Waals surface area contributed by atoms with Crippen LogP contribution in [0, 0.1) is 0 Å². The fourth-order valence-corrected chi connectivity index (χ4v) is 1.34. The number of hydrogen-bond acceptors (Lipinski definition) is 4. The zero-order valence-corrected chi connectivity index (χ0v) is 10.6. The Morgan fingerprint density at radius 2 is 1.84 bits per heavy atom. The van der Waals surface area contributed by atoms with Crippen molar-refractivity contribution >= 4 is 17.8 Å². The summed E-state index contributed by atoms with van der Waals surface area (Å²) in [4.78, 5) is 21.6. The van der Waals surface area contributed by atoms with E-state index in [9.17, 15) is 9.59 Å². The second-order valence-corrected chi connectivity index (χ2v) is 3.52. The van der Waals surface area contributed by atoms with Crippen LogP contribution in [0.4, 0.5) is 0 Å². The summed E-state index contributed by atoms with van der Waals surface area (Å²) in [6.07, 6.45) is 4.59. The van der Waals surface area contributed by atoms with E-state index in [2.05, 4.69) is 0 Å². The first-order valence-corrected chi connectivity index (χ1v) is 5.42. The van der Waals surface area contributed by atoms with Gasteiger partial charge in [-0.2, -0.15) is 0 Å². The van der Waals surface area contributed by atoms with Crippen molar-refractivity contribution < 1.29 is 24.2 Å². The van der Waals surface area contributed by atoms with Crippen LogP contribution >= 0.6 is 0 Å². The number of allylic oxidation sites excluding steroid dienone is 2. The van der Waals surface area contributed by atoms with Gasteiger partial charge in [-0.3, -0.25) is 4.79 Å². The minimum absolute atomic E-state index is 0.416. The third-order valence-corrected chi connectivity index (χ3v) is 2.26. The van der Waals surface area contributed by atoms with Gasteiger partial charge in [0.1, 0.15) is 11.5 Å². The summed E-state index contributed by atoms with van der Waals surface area (Å²) in [5.41, 5.74) is 0.695. The van der Waals surface area contributed by atoms with Crippen molar-refractivity contribution in [3.63, 3.8) is 0 Å². The van der Waals surface area contributed by atoms with Gasteiger partial charge in [0.05, 0.1) is 14.2 Å². The maximum absolute atomic E-state index is 11.3. The molecule has 0 aliphatic heterocycles. The van der Waals surface area contributed by atoms with Crippen LogP contribution in [0.1, 0.15) is 5.56 Å². The average molecular weight is 262 g/mol. The summed E-state index contributed by atoms with van der Waals surface area (Å²) in [5, 5.41) is 8.39. The fraction of sp³-hybridized carbons (Fsp3) is 0.143. The van der Waals surface area contributed by atoms with Crippen molar-refractivity contribution in [1.82, 2.24) is 0 Å². The summed E-state index contributed by atoms with van der Waals surface area (Å²) in [6.45, 7) is 0. The molecule has 0 aromatic heterocycles. The average Bonchev–Trinajstić information content (AvgIpc) is 2.42. The van der Waals surface area contributed by atoms with Crippen LogP contribution in [0.15, 0.2) is 36.4 Å². The number of carbonyl (C=O) groups excluding carboxylic acids is 1. The molecule has 5 heteroatoms. The summed E-state index contributed by atoms with van der Waals surface area (Å²) in [7, 11) is 3.06. The van der Waals surface area contributed by atoms with E-state index in [1.807, 2.05) is 0 Å². The first kappa shape index (κ1) is 14.5.